The fraction of sp³-hybridized carbons (Fsp3) is 0.188. The summed E-state index contributed by atoms with van der Waals surface area (Å²) in [6, 6.07) is 14.2. The van der Waals surface area contributed by atoms with Gasteiger partial charge in [-0.2, -0.15) is 0 Å². The van der Waals surface area contributed by atoms with Crippen LogP contribution in [-0.2, 0) is 19.6 Å². The average molecular weight is 265 g/mol. The lowest BCUT2D eigenvalue weighted by Crippen LogP contribution is -2.15. The maximum Gasteiger partial charge on any atom is 0.209 e. The second-order valence-electron chi connectivity index (χ2n) is 5.22. The lowest BCUT2D eigenvalue weighted by atomic mass is 10.1. The summed E-state index contributed by atoms with van der Waals surface area (Å²) >= 11 is 0. The molecular formula is C16H15N3O. The van der Waals surface area contributed by atoms with Gasteiger partial charge in [-0.15, -0.1) is 0 Å². The summed E-state index contributed by atoms with van der Waals surface area (Å²) in [4.78, 5) is 6.83. The number of para-hydroxylation sites is 1. The number of hydrogen-bond donors (Lipinski definition) is 1. The van der Waals surface area contributed by atoms with Gasteiger partial charge in [-0.1, -0.05) is 30.3 Å². The Morgan fingerprint density at radius 2 is 1.80 bits per heavy atom. The molecule has 20 heavy (non-hydrogen) atoms. The Morgan fingerprint density at radius 3 is 2.50 bits per heavy atom. The van der Waals surface area contributed by atoms with Crippen molar-refractivity contribution < 1.29 is 4.42 Å². The van der Waals surface area contributed by atoms with E-state index in [0.29, 0.717) is 12.2 Å². The Hall–Kier alpha value is -2.33. The van der Waals surface area contributed by atoms with Crippen molar-refractivity contribution in [1.29, 1.82) is 0 Å². The fourth-order valence-corrected chi connectivity index (χ4v) is 2.79. The van der Waals surface area contributed by atoms with Gasteiger partial charge in [0.1, 0.15) is 5.52 Å². The van der Waals surface area contributed by atoms with Crippen molar-refractivity contribution in [2.75, 3.05) is 5.73 Å². The van der Waals surface area contributed by atoms with E-state index in [-0.39, 0.29) is 0 Å². The van der Waals surface area contributed by atoms with Crippen molar-refractivity contribution >= 4 is 16.8 Å². The van der Waals surface area contributed by atoms with Crippen LogP contribution in [0, 0.1) is 0 Å². The number of oxazole rings is 1. The van der Waals surface area contributed by atoms with E-state index in [1.807, 2.05) is 18.2 Å². The number of aromatic nitrogens is 1. The van der Waals surface area contributed by atoms with Crippen molar-refractivity contribution in [2.24, 2.45) is 0 Å². The number of nitrogens with zero attached hydrogens (tertiary/aromatic N) is 2. The maximum absolute atomic E-state index is 5.91. The highest BCUT2D eigenvalue weighted by atomic mass is 16.3. The first-order chi connectivity index (χ1) is 9.79. The third kappa shape index (κ3) is 1.85. The van der Waals surface area contributed by atoms with E-state index in [1.165, 1.54) is 11.1 Å². The van der Waals surface area contributed by atoms with Crippen LogP contribution in [0.2, 0.25) is 0 Å². The largest absolute Gasteiger partial charge is 0.439 e. The standard InChI is InChI=1S/C16H15N3O/c17-13-6-3-7-14-16(13)18-15(20-14)10-19-8-11-4-1-2-5-12(11)9-19/h1-7H,8-10,17H2. The molecule has 0 saturated carbocycles. The maximum atomic E-state index is 5.91. The quantitative estimate of drug-likeness (QED) is 0.724. The molecule has 0 saturated heterocycles. The van der Waals surface area contributed by atoms with Gasteiger partial charge in [0.05, 0.1) is 12.2 Å². The molecular weight excluding hydrogens is 250 g/mol. The van der Waals surface area contributed by atoms with Crippen molar-refractivity contribution in [1.82, 2.24) is 9.88 Å². The molecule has 0 spiro atoms. The molecule has 4 rings (SSSR count). The number of anilines is 1. The summed E-state index contributed by atoms with van der Waals surface area (Å²) in [5.74, 6) is 0.728. The Kier molecular flexibility index (Phi) is 2.50. The van der Waals surface area contributed by atoms with Crippen LogP contribution in [0.1, 0.15) is 17.0 Å². The topological polar surface area (TPSA) is 55.3 Å². The molecule has 0 atom stereocenters. The van der Waals surface area contributed by atoms with Gasteiger partial charge in [0, 0.05) is 13.1 Å². The molecule has 3 aromatic rings. The molecule has 0 aliphatic carbocycles. The van der Waals surface area contributed by atoms with E-state index in [9.17, 15) is 0 Å². The third-order valence-corrected chi connectivity index (χ3v) is 3.76. The van der Waals surface area contributed by atoms with Crippen molar-refractivity contribution in [2.45, 2.75) is 19.6 Å². The molecule has 2 N–H and O–H groups in total. The smallest absolute Gasteiger partial charge is 0.209 e. The molecule has 0 fully saturated rings. The van der Waals surface area contributed by atoms with Crippen LogP contribution in [0.25, 0.3) is 11.1 Å². The Morgan fingerprint density at radius 1 is 1.05 bits per heavy atom. The predicted molar refractivity (Wildman–Crippen MR) is 77.8 cm³/mol. The Balaban J connectivity index is 1.59. The summed E-state index contributed by atoms with van der Waals surface area (Å²) < 4.78 is 5.78. The number of hydrogen-bond acceptors (Lipinski definition) is 4. The Bertz CT molecular complexity index is 753. The molecule has 1 aliphatic rings. The molecule has 1 aliphatic heterocycles. The first-order valence-corrected chi connectivity index (χ1v) is 6.72. The fourth-order valence-electron chi connectivity index (χ4n) is 2.79. The number of benzene rings is 2. The highest BCUT2D eigenvalue weighted by Crippen LogP contribution is 2.26. The lowest BCUT2D eigenvalue weighted by molar-refractivity contribution is 0.248. The molecule has 0 bridgehead atoms. The average Bonchev–Trinajstić information content (AvgIpc) is 3.02. The summed E-state index contributed by atoms with van der Waals surface area (Å²) in [7, 11) is 0. The zero-order chi connectivity index (χ0) is 13.5. The second-order valence-corrected chi connectivity index (χ2v) is 5.22. The van der Waals surface area contributed by atoms with Crippen LogP contribution in [-0.4, -0.2) is 9.88 Å². The first-order valence-electron chi connectivity index (χ1n) is 6.72. The second kappa shape index (κ2) is 4.35. The minimum atomic E-state index is 0.669. The third-order valence-electron chi connectivity index (χ3n) is 3.76. The van der Waals surface area contributed by atoms with Crippen LogP contribution in [0.15, 0.2) is 46.9 Å². The predicted octanol–water partition coefficient (Wildman–Crippen LogP) is 2.93. The SMILES string of the molecule is Nc1cccc2oc(CN3Cc4ccccc4C3)nc12. The van der Waals surface area contributed by atoms with Crippen LogP contribution < -0.4 is 5.73 Å². The van der Waals surface area contributed by atoms with Crippen molar-refractivity contribution in [3.8, 4) is 0 Å². The van der Waals surface area contributed by atoms with Gasteiger partial charge in [-0.05, 0) is 23.3 Å². The summed E-state index contributed by atoms with van der Waals surface area (Å²) in [5.41, 5.74) is 10.9. The molecule has 1 aromatic heterocycles. The van der Waals surface area contributed by atoms with E-state index < -0.39 is 0 Å². The van der Waals surface area contributed by atoms with Gasteiger partial charge in [0.25, 0.3) is 0 Å². The molecule has 4 nitrogen and oxygen atoms in total. The summed E-state index contributed by atoms with van der Waals surface area (Å²) in [6.45, 7) is 2.61. The lowest BCUT2D eigenvalue weighted by Gasteiger charge is -2.11. The number of nitrogens with two attached hydrogens (primary N) is 1. The summed E-state index contributed by atoms with van der Waals surface area (Å²) in [5, 5.41) is 0. The van der Waals surface area contributed by atoms with E-state index >= 15 is 0 Å². The van der Waals surface area contributed by atoms with Crippen LogP contribution in [0.3, 0.4) is 0 Å². The number of nitrogen functional groups attached to an aromatic ring is 1. The van der Waals surface area contributed by atoms with E-state index in [2.05, 4.69) is 34.1 Å². The van der Waals surface area contributed by atoms with Crippen molar-refractivity contribution in [3.05, 3.63) is 59.5 Å². The van der Waals surface area contributed by atoms with Gasteiger partial charge in [-0.25, -0.2) is 4.98 Å². The minimum absolute atomic E-state index is 0.669. The van der Waals surface area contributed by atoms with Crippen LogP contribution >= 0.6 is 0 Å². The highest BCUT2D eigenvalue weighted by molar-refractivity contribution is 5.85. The summed E-state index contributed by atoms with van der Waals surface area (Å²) in [6.07, 6.45) is 0. The zero-order valence-electron chi connectivity index (χ0n) is 11.0. The van der Waals surface area contributed by atoms with E-state index in [4.69, 9.17) is 10.2 Å². The van der Waals surface area contributed by atoms with Crippen LogP contribution in [0.5, 0.6) is 0 Å². The van der Waals surface area contributed by atoms with Gasteiger partial charge >= 0.3 is 0 Å². The number of fused-ring (bicyclic) bond motifs is 2. The van der Waals surface area contributed by atoms with Gasteiger partial charge in [0.15, 0.2) is 5.58 Å². The van der Waals surface area contributed by atoms with Crippen molar-refractivity contribution in [3.63, 3.8) is 0 Å². The normalized spacial score (nSPS) is 14.8. The molecule has 4 heteroatoms. The minimum Gasteiger partial charge on any atom is -0.439 e. The number of rotatable bonds is 2. The van der Waals surface area contributed by atoms with Crippen LogP contribution in [0.4, 0.5) is 5.69 Å². The molecule has 0 amide bonds. The molecule has 2 aromatic carbocycles. The highest BCUT2D eigenvalue weighted by Gasteiger charge is 2.20. The first kappa shape index (κ1) is 11.5. The molecule has 0 unspecified atom stereocenters. The molecule has 2 heterocycles. The Labute approximate surface area is 116 Å². The zero-order valence-corrected chi connectivity index (χ0v) is 11.0. The van der Waals surface area contributed by atoms with E-state index in [1.54, 1.807) is 0 Å². The molecule has 0 radical (unpaired) electrons. The monoisotopic (exact) mass is 265 g/mol. The van der Waals surface area contributed by atoms with Gasteiger partial charge < -0.3 is 10.2 Å². The van der Waals surface area contributed by atoms with Gasteiger partial charge in [-0.3, -0.25) is 4.90 Å². The van der Waals surface area contributed by atoms with E-state index in [0.717, 1.165) is 30.1 Å². The van der Waals surface area contributed by atoms with Gasteiger partial charge in [0.2, 0.25) is 5.89 Å². The molecule has 100 valence electrons.